The molecule has 4 rings (SSSR count). The highest BCUT2D eigenvalue weighted by Gasteiger charge is 2.12. The first-order valence-electron chi connectivity index (χ1n) is 6.64. The highest BCUT2D eigenvalue weighted by atomic mass is 35.5. The largest absolute Gasteiger partial charge is 0.472 e. The first-order chi connectivity index (χ1) is 10.8. The molecule has 0 amide bonds. The summed E-state index contributed by atoms with van der Waals surface area (Å²) >= 11 is 7.55. The Morgan fingerprint density at radius 1 is 0.955 bits per heavy atom. The zero-order chi connectivity index (χ0) is 14.9. The van der Waals surface area contributed by atoms with Gasteiger partial charge in [-0.05, 0) is 48.0 Å². The third-order valence-electron chi connectivity index (χ3n) is 3.28. The van der Waals surface area contributed by atoms with Crippen LogP contribution in [0.1, 0.15) is 0 Å². The van der Waals surface area contributed by atoms with Crippen LogP contribution in [-0.2, 0) is 0 Å². The Morgan fingerprint density at radius 2 is 1.86 bits per heavy atom. The number of aromatic nitrogens is 1. The molecule has 0 bridgehead atoms. The van der Waals surface area contributed by atoms with Gasteiger partial charge >= 0.3 is 0 Å². The number of halogens is 1. The summed E-state index contributed by atoms with van der Waals surface area (Å²) in [7, 11) is 0. The number of furan rings is 2. The molecule has 3 nitrogen and oxygen atoms in total. The van der Waals surface area contributed by atoms with Crippen LogP contribution in [0, 0.1) is 0 Å². The molecule has 0 N–H and O–H groups in total. The summed E-state index contributed by atoms with van der Waals surface area (Å²) in [6.45, 7) is 0. The Bertz CT molecular complexity index is 842. The molecule has 0 saturated heterocycles. The van der Waals surface area contributed by atoms with Gasteiger partial charge in [0.2, 0.25) is 0 Å². The Labute approximate surface area is 135 Å². The van der Waals surface area contributed by atoms with Gasteiger partial charge in [0.15, 0.2) is 5.76 Å². The van der Waals surface area contributed by atoms with Crippen molar-refractivity contribution in [2.75, 3.05) is 0 Å². The van der Waals surface area contributed by atoms with Gasteiger partial charge in [0.05, 0.1) is 33.7 Å². The molecule has 0 radical (unpaired) electrons. The molecular formula is C17H10ClNO2S. The Morgan fingerprint density at radius 3 is 2.55 bits per heavy atom. The summed E-state index contributed by atoms with van der Waals surface area (Å²) < 4.78 is 11.4. The van der Waals surface area contributed by atoms with E-state index in [-0.39, 0.29) is 0 Å². The van der Waals surface area contributed by atoms with Gasteiger partial charge in [0.1, 0.15) is 5.69 Å². The molecule has 0 atom stereocenters. The molecule has 0 unspecified atom stereocenters. The molecule has 108 valence electrons. The van der Waals surface area contributed by atoms with Gasteiger partial charge in [0, 0.05) is 5.56 Å². The molecule has 5 heteroatoms. The molecular weight excluding hydrogens is 318 g/mol. The van der Waals surface area contributed by atoms with E-state index in [9.17, 15) is 0 Å². The third-order valence-corrected chi connectivity index (χ3v) is 4.53. The van der Waals surface area contributed by atoms with E-state index in [1.807, 2.05) is 42.5 Å². The number of nitrogens with zero attached hydrogens (tertiary/aromatic N) is 1. The van der Waals surface area contributed by atoms with E-state index in [0.717, 1.165) is 37.5 Å². The Kier molecular flexibility index (Phi) is 3.33. The maximum absolute atomic E-state index is 6.05. The van der Waals surface area contributed by atoms with Gasteiger partial charge in [-0.15, -0.1) is 11.3 Å². The van der Waals surface area contributed by atoms with E-state index in [4.69, 9.17) is 25.4 Å². The van der Waals surface area contributed by atoms with Gasteiger partial charge in [0.25, 0.3) is 0 Å². The zero-order valence-corrected chi connectivity index (χ0v) is 12.9. The van der Waals surface area contributed by atoms with Crippen LogP contribution in [0.25, 0.3) is 33.2 Å². The van der Waals surface area contributed by atoms with Crippen LogP contribution in [0.3, 0.4) is 0 Å². The van der Waals surface area contributed by atoms with Crippen LogP contribution >= 0.6 is 22.9 Å². The lowest BCUT2D eigenvalue weighted by Gasteiger charge is -2.05. The number of hydrogen-bond acceptors (Lipinski definition) is 4. The number of hydrogen-bond donors (Lipinski definition) is 0. The SMILES string of the molecule is Clc1ccc(-c2cc(-c3ccoc3)cc(-c3ccco3)n2)s1. The van der Waals surface area contributed by atoms with Crippen molar-refractivity contribution >= 4 is 22.9 Å². The highest BCUT2D eigenvalue weighted by Crippen LogP contribution is 2.34. The standard InChI is InChI=1S/C17H10ClNO2S/c18-17-4-3-16(22-17)14-9-12(11-5-7-20-10-11)8-13(19-14)15-2-1-6-21-15/h1-10H. The molecule has 0 aliphatic heterocycles. The van der Waals surface area contributed by atoms with Crippen molar-refractivity contribution in [2.45, 2.75) is 0 Å². The van der Waals surface area contributed by atoms with Gasteiger partial charge in [-0.3, -0.25) is 0 Å². The van der Waals surface area contributed by atoms with Crippen LogP contribution in [0.15, 0.2) is 70.1 Å². The van der Waals surface area contributed by atoms with Crippen LogP contribution in [0.4, 0.5) is 0 Å². The van der Waals surface area contributed by atoms with Gasteiger partial charge < -0.3 is 8.83 Å². The van der Waals surface area contributed by atoms with Gasteiger partial charge in [-0.2, -0.15) is 0 Å². The van der Waals surface area contributed by atoms with Crippen molar-refractivity contribution in [3.05, 3.63) is 65.6 Å². The maximum Gasteiger partial charge on any atom is 0.152 e. The molecule has 0 aliphatic rings. The molecule has 0 spiro atoms. The zero-order valence-electron chi connectivity index (χ0n) is 11.3. The lowest BCUT2D eigenvalue weighted by atomic mass is 10.1. The van der Waals surface area contributed by atoms with Crippen molar-refractivity contribution in [3.8, 4) is 33.2 Å². The molecule has 4 aromatic rings. The second kappa shape index (κ2) is 5.48. The van der Waals surface area contributed by atoms with E-state index in [1.165, 1.54) is 11.3 Å². The molecule has 0 aliphatic carbocycles. The first kappa shape index (κ1) is 13.4. The quantitative estimate of drug-likeness (QED) is 0.464. The average Bonchev–Trinajstić information content (AvgIpc) is 3.29. The fourth-order valence-electron chi connectivity index (χ4n) is 2.25. The fourth-order valence-corrected chi connectivity index (χ4v) is 3.26. The summed E-state index contributed by atoms with van der Waals surface area (Å²) in [5.74, 6) is 0.731. The van der Waals surface area contributed by atoms with Crippen LogP contribution in [-0.4, -0.2) is 4.98 Å². The molecule has 0 fully saturated rings. The minimum Gasteiger partial charge on any atom is -0.472 e. The monoisotopic (exact) mass is 327 g/mol. The molecule has 0 aromatic carbocycles. The first-order valence-corrected chi connectivity index (χ1v) is 7.83. The third kappa shape index (κ3) is 2.47. The molecule has 0 saturated carbocycles. The molecule has 4 aromatic heterocycles. The van der Waals surface area contributed by atoms with E-state index < -0.39 is 0 Å². The predicted molar refractivity (Wildman–Crippen MR) is 88.0 cm³/mol. The van der Waals surface area contributed by atoms with E-state index in [2.05, 4.69) is 0 Å². The van der Waals surface area contributed by atoms with Gasteiger partial charge in [-0.25, -0.2) is 4.98 Å². The van der Waals surface area contributed by atoms with Crippen molar-refractivity contribution in [3.63, 3.8) is 0 Å². The van der Waals surface area contributed by atoms with E-state index in [0.29, 0.717) is 0 Å². The number of thiophene rings is 1. The number of rotatable bonds is 3. The fraction of sp³-hybridized carbons (Fsp3) is 0. The summed E-state index contributed by atoms with van der Waals surface area (Å²) in [4.78, 5) is 5.71. The number of pyridine rings is 1. The second-order valence-corrected chi connectivity index (χ2v) is 6.43. The summed E-state index contributed by atoms with van der Waals surface area (Å²) in [6, 6.07) is 13.5. The lowest BCUT2D eigenvalue weighted by Crippen LogP contribution is -1.88. The topological polar surface area (TPSA) is 39.2 Å². The van der Waals surface area contributed by atoms with Crippen molar-refractivity contribution < 1.29 is 8.83 Å². The second-order valence-electron chi connectivity index (χ2n) is 4.72. The minimum atomic E-state index is 0.731. The summed E-state index contributed by atoms with van der Waals surface area (Å²) in [5.41, 5.74) is 3.67. The summed E-state index contributed by atoms with van der Waals surface area (Å²) in [6.07, 6.45) is 5.01. The predicted octanol–water partition coefficient (Wildman–Crippen LogP) is 5.98. The van der Waals surface area contributed by atoms with Crippen LogP contribution in [0.2, 0.25) is 4.34 Å². The van der Waals surface area contributed by atoms with E-state index >= 15 is 0 Å². The van der Waals surface area contributed by atoms with Gasteiger partial charge in [-0.1, -0.05) is 11.6 Å². The van der Waals surface area contributed by atoms with Crippen LogP contribution < -0.4 is 0 Å². The van der Waals surface area contributed by atoms with Crippen molar-refractivity contribution in [1.29, 1.82) is 0 Å². The Hall–Kier alpha value is -2.30. The van der Waals surface area contributed by atoms with Crippen molar-refractivity contribution in [2.24, 2.45) is 0 Å². The summed E-state index contributed by atoms with van der Waals surface area (Å²) in [5, 5.41) is 0. The maximum atomic E-state index is 6.05. The highest BCUT2D eigenvalue weighted by molar-refractivity contribution is 7.19. The smallest absolute Gasteiger partial charge is 0.152 e. The minimum absolute atomic E-state index is 0.731. The van der Waals surface area contributed by atoms with Crippen LogP contribution in [0.5, 0.6) is 0 Å². The Balaban J connectivity index is 1.91. The normalized spacial score (nSPS) is 11.0. The van der Waals surface area contributed by atoms with Crippen molar-refractivity contribution in [1.82, 2.24) is 4.98 Å². The molecule has 22 heavy (non-hydrogen) atoms. The lowest BCUT2D eigenvalue weighted by molar-refractivity contribution is 0.568. The van der Waals surface area contributed by atoms with E-state index in [1.54, 1.807) is 18.8 Å². The molecule has 4 heterocycles. The average molecular weight is 328 g/mol.